The molecule has 6 heteroatoms. The molecule has 0 unspecified atom stereocenters. The lowest BCUT2D eigenvalue weighted by Gasteiger charge is -1.94. The largest absolute Gasteiger partial charge is 0.409 e. The Labute approximate surface area is 63.5 Å². The van der Waals surface area contributed by atoms with Crippen LogP contribution in [0.5, 0.6) is 0 Å². The van der Waals surface area contributed by atoms with Crippen molar-refractivity contribution in [1.82, 2.24) is 20.2 Å². The third-order valence-corrected chi connectivity index (χ3v) is 1.18. The molecule has 11 heavy (non-hydrogen) atoms. The van der Waals surface area contributed by atoms with Gasteiger partial charge in [-0.05, 0) is 12.1 Å². The summed E-state index contributed by atoms with van der Waals surface area (Å²) in [7, 11) is 0. The van der Waals surface area contributed by atoms with E-state index in [-0.39, 0.29) is 0 Å². The Morgan fingerprint density at radius 1 is 1.73 bits per heavy atom. The molecular formula is C5H9N5O. The zero-order chi connectivity index (χ0) is 8.27. The summed E-state index contributed by atoms with van der Waals surface area (Å²) in [6.45, 7) is 3.56. The summed E-state index contributed by atoms with van der Waals surface area (Å²) >= 11 is 0. The number of hydrogen-bond donors (Lipinski definition) is 1. The molecule has 1 aromatic heterocycles. The monoisotopic (exact) mass is 155 g/mol. The van der Waals surface area contributed by atoms with Gasteiger partial charge in [-0.3, -0.25) is 0 Å². The molecule has 0 spiro atoms. The standard InChI is InChI=1S/C5H9N5O/c1-3-5(8-11)10-7-4(2)6-9-10/h11H,3H2,1-2H3/b8-5-. The van der Waals surface area contributed by atoms with Gasteiger partial charge in [0.15, 0.2) is 11.7 Å². The van der Waals surface area contributed by atoms with Crippen molar-refractivity contribution < 1.29 is 5.21 Å². The zero-order valence-electron chi connectivity index (χ0n) is 6.39. The summed E-state index contributed by atoms with van der Waals surface area (Å²) in [5, 5.41) is 22.6. The van der Waals surface area contributed by atoms with Gasteiger partial charge in [0, 0.05) is 6.42 Å². The molecule has 0 saturated heterocycles. The highest BCUT2D eigenvalue weighted by Gasteiger charge is 2.03. The topological polar surface area (TPSA) is 76.2 Å². The lowest BCUT2D eigenvalue weighted by Crippen LogP contribution is -2.14. The van der Waals surface area contributed by atoms with Crippen LogP contribution in [-0.4, -0.2) is 31.3 Å². The normalized spacial score (nSPS) is 12.0. The van der Waals surface area contributed by atoms with Gasteiger partial charge in [0.1, 0.15) is 0 Å². The number of tetrazole rings is 1. The second-order valence-electron chi connectivity index (χ2n) is 2.00. The lowest BCUT2D eigenvalue weighted by atomic mass is 10.5. The maximum absolute atomic E-state index is 8.45. The molecule has 0 radical (unpaired) electrons. The molecule has 60 valence electrons. The first-order chi connectivity index (χ1) is 5.27. The average molecular weight is 155 g/mol. The van der Waals surface area contributed by atoms with Gasteiger partial charge in [0.2, 0.25) is 0 Å². The van der Waals surface area contributed by atoms with Crippen molar-refractivity contribution >= 4 is 5.84 Å². The Hall–Kier alpha value is -1.46. The van der Waals surface area contributed by atoms with Crippen molar-refractivity contribution in [2.75, 3.05) is 0 Å². The SMILES string of the molecule is CC/C(=N/O)n1nnc(C)n1. The molecule has 0 aliphatic rings. The molecule has 0 aliphatic carbocycles. The molecule has 1 N–H and O–H groups in total. The Kier molecular flexibility index (Phi) is 2.15. The highest BCUT2D eigenvalue weighted by Crippen LogP contribution is 1.87. The van der Waals surface area contributed by atoms with Gasteiger partial charge in [0.05, 0.1) is 0 Å². The molecular weight excluding hydrogens is 146 g/mol. The molecule has 6 nitrogen and oxygen atoms in total. The van der Waals surface area contributed by atoms with E-state index >= 15 is 0 Å². The van der Waals surface area contributed by atoms with Crippen LogP contribution in [0, 0.1) is 6.92 Å². The zero-order valence-corrected chi connectivity index (χ0v) is 6.39. The van der Waals surface area contributed by atoms with Crippen LogP contribution in [-0.2, 0) is 0 Å². The van der Waals surface area contributed by atoms with Crippen LogP contribution in [0.15, 0.2) is 5.16 Å². The fourth-order valence-corrected chi connectivity index (χ4v) is 0.646. The summed E-state index contributed by atoms with van der Waals surface area (Å²) < 4.78 is 0. The maximum atomic E-state index is 8.45. The minimum atomic E-state index is 0.380. The minimum absolute atomic E-state index is 0.380. The molecule has 1 aromatic rings. The Bertz CT molecular complexity index is 266. The fourth-order valence-electron chi connectivity index (χ4n) is 0.646. The van der Waals surface area contributed by atoms with Crippen molar-refractivity contribution in [3.8, 4) is 0 Å². The van der Waals surface area contributed by atoms with Crippen LogP contribution in [0.4, 0.5) is 0 Å². The minimum Gasteiger partial charge on any atom is -0.409 e. The highest BCUT2D eigenvalue weighted by atomic mass is 16.4. The quantitative estimate of drug-likeness (QED) is 0.268. The second kappa shape index (κ2) is 3.09. The molecule has 0 fully saturated rings. The first-order valence-electron chi connectivity index (χ1n) is 3.26. The number of rotatable bonds is 1. The molecule has 0 aliphatic heterocycles. The second-order valence-corrected chi connectivity index (χ2v) is 2.00. The summed E-state index contributed by atoms with van der Waals surface area (Å²) in [6.07, 6.45) is 0.562. The van der Waals surface area contributed by atoms with Crippen LogP contribution in [0.2, 0.25) is 0 Å². The van der Waals surface area contributed by atoms with Crippen LogP contribution < -0.4 is 0 Å². The predicted octanol–water partition coefficient (Wildman–Crippen LogP) is 0.0273. The van der Waals surface area contributed by atoms with E-state index in [0.717, 1.165) is 0 Å². The first kappa shape index (κ1) is 7.64. The molecule has 1 rings (SSSR count). The smallest absolute Gasteiger partial charge is 0.191 e. The van der Waals surface area contributed by atoms with Crippen LogP contribution in [0.1, 0.15) is 19.2 Å². The van der Waals surface area contributed by atoms with E-state index in [1.54, 1.807) is 6.92 Å². The van der Waals surface area contributed by atoms with E-state index in [2.05, 4.69) is 20.6 Å². The van der Waals surface area contributed by atoms with E-state index in [1.165, 1.54) is 4.80 Å². The van der Waals surface area contributed by atoms with Crippen molar-refractivity contribution in [2.24, 2.45) is 5.16 Å². The van der Waals surface area contributed by atoms with Gasteiger partial charge < -0.3 is 5.21 Å². The van der Waals surface area contributed by atoms with Crippen molar-refractivity contribution in [2.45, 2.75) is 20.3 Å². The van der Waals surface area contributed by atoms with Crippen LogP contribution in [0.25, 0.3) is 0 Å². The van der Waals surface area contributed by atoms with Gasteiger partial charge in [-0.2, -0.15) is 0 Å². The van der Waals surface area contributed by atoms with Crippen LogP contribution >= 0.6 is 0 Å². The Morgan fingerprint density at radius 3 is 2.82 bits per heavy atom. The lowest BCUT2D eigenvalue weighted by molar-refractivity contribution is 0.313. The molecule has 1 heterocycles. The summed E-state index contributed by atoms with van der Waals surface area (Å²) in [5.74, 6) is 0.935. The van der Waals surface area contributed by atoms with Crippen molar-refractivity contribution in [3.63, 3.8) is 0 Å². The maximum Gasteiger partial charge on any atom is 0.191 e. The molecule has 0 amide bonds. The Morgan fingerprint density at radius 2 is 2.45 bits per heavy atom. The highest BCUT2D eigenvalue weighted by molar-refractivity contribution is 5.81. The molecule has 0 atom stereocenters. The summed E-state index contributed by atoms with van der Waals surface area (Å²) in [6, 6.07) is 0. The van der Waals surface area contributed by atoms with Gasteiger partial charge in [-0.15, -0.1) is 15.0 Å². The van der Waals surface area contributed by atoms with Crippen molar-refractivity contribution in [3.05, 3.63) is 5.82 Å². The van der Waals surface area contributed by atoms with E-state index in [0.29, 0.717) is 18.1 Å². The van der Waals surface area contributed by atoms with E-state index in [4.69, 9.17) is 5.21 Å². The fraction of sp³-hybridized carbons (Fsp3) is 0.600. The number of aromatic nitrogens is 4. The van der Waals surface area contributed by atoms with Crippen LogP contribution in [0.3, 0.4) is 0 Å². The predicted molar refractivity (Wildman–Crippen MR) is 37.5 cm³/mol. The molecule has 0 aromatic carbocycles. The third kappa shape index (κ3) is 1.51. The van der Waals surface area contributed by atoms with E-state index < -0.39 is 0 Å². The van der Waals surface area contributed by atoms with E-state index in [1.807, 2.05) is 6.92 Å². The number of aryl methyl sites for hydroxylation is 1. The van der Waals surface area contributed by atoms with Gasteiger partial charge in [0.25, 0.3) is 0 Å². The van der Waals surface area contributed by atoms with Gasteiger partial charge >= 0.3 is 0 Å². The average Bonchev–Trinajstić information content (AvgIpc) is 2.39. The third-order valence-electron chi connectivity index (χ3n) is 1.18. The number of nitrogens with zero attached hydrogens (tertiary/aromatic N) is 5. The van der Waals surface area contributed by atoms with Gasteiger partial charge in [-0.1, -0.05) is 12.1 Å². The Balaban J connectivity index is 2.91. The molecule has 0 bridgehead atoms. The summed E-state index contributed by atoms with van der Waals surface area (Å²) in [4.78, 5) is 1.20. The number of oxime groups is 1. The van der Waals surface area contributed by atoms with Crippen molar-refractivity contribution in [1.29, 1.82) is 0 Å². The first-order valence-corrected chi connectivity index (χ1v) is 3.26. The summed E-state index contributed by atoms with van der Waals surface area (Å²) in [5.41, 5.74) is 0. The molecule has 0 saturated carbocycles. The van der Waals surface area contributed by atoms with Gasteiger partial charge in [-0.25, -0.2) is 0 Å². The van der Waals surface area contributed by atoms with E-state index in [9.17, 15) is 0 Å². The number of hydrogen-bond acceptors (Lipinski definition) is 5.